The third-order valence-corrected chi connectivity index (χ3v) is 7.75. The zero-order valence-corrected chi connectivity index (χ0v) is 19.1. The van der Waals surface area contributed by atoms with E-state index in [9.17, 15) is 14.4 Å². The van der Waals surface area contributed by atoms with E-state index in [0.29, 0.717) is 0 Å². The van der Waals surface area contributed by atoms with Gasteiger partial charge in [-0.3, -0.25) is 14.4 Å². The van der Waals surface area contributed by atoms with Crippen molar-refractivity contribution < 1.29 is 19.1 Å². The van der Waals surface area contributed by atoms with E-state index >= 15 is 0 Å². The van der Waals surface area contributed by atoms with Crippen LogP contribution >= 0.6 is 11.3 Å². The number of nitrogens with zero attached hydrogens (tertiary/aromatic N) is 2. The summed E-state index contributed by atoms with van der Waals surface area (Å²) in [4.78, 5) is 42.6. The average molecular weight is 453 g/mol. The summed E-state index contributed by atoms with van der Waals surface area (Å²) in [6.45, 7) is 0. The number of hydrogen-bond acceptors (Lipinski definition) is 5. The number of rotatable bonds is 6. The fraction of sp³-hybridized carbons (Fsp3) is 0.480. The van der Waals surface area contributed by atoms with Crippen LogP contribution in [0.2, 0.25) is 0 Å². The predicted octanol–water partition coefficient (Wildman–Crippen LogP) is 4.56. The van der Waals surface area contributed by atoms with E-state index < -0.39 is 0 Å². The molecule has 2 aliphatic carbocycles. The summed E-state index contributed by atoms with van der Waals surface area (Å²) in [6, 6.07) is 10.2. The van der Waals surface area contributed by atoms with Crippen molar-refractivity contribution in [1.82, 2.24) is 4.90 Å². The zero-order chi connectivity index (χ0) is 22.2. The van der Waals surface area contributed by atoms with Crippen molar-refractivity contribution in [3.05, 3.63) is 52.2 Å². The van der Waals surface area contributed by atoms with Gasteiger partial charge < -0.3 is 14.5 Å². The van der Waals surface area contributed by atoms with Gasteiger partial charge in [0.05, 0.1) is 25.1 Å². The summed E-state index contributed by atoms with van der Waals surface area (Å²) in [5.41, 5.74) is 2.70. The van der Waals surface area contributed by atoms with E-state index in [1.807, 2.05) is 39.9 Å². The lowest BCUT2D eigenvalue weighted by molar-refractivity contribution is -0.145. The van der Waals surface area contributed by atoms with Gasteiger partial charge in [-0.25, -0.2) is 0 Å². The molecular formula is C25H28N2O4S. The summed E-state index contributed by atoms with van der Waals surface area (Å²) in [7, 11) is 1.35. The van der Waals surface area contributed by atoms with Gasteiger partial charge in [-0.15, -0.1) is 0 Å². The Hall–Kier alpha value is -2.67. The smallest absolute Gasteiger partial charge is 0.306 e. The maximum Gasteiger partial charge on any atom is 0.306 e. The summed E-state index contributed by atoms with van der Waals surface area (Å²) < 4.78 is 4.75. The molecule has 3 aliphatic rings. The van der Waals surface area contributed by atoms with E-state index in [4.69, 9.17) is 4.74 Å². The van der Waals surface area contributed by atoms with Crippen LogP contribution in [-0.2, 0) is 14.3 Å². The average Bonchev–Trinajstić information content (AvgIpc) is 3.27. The quantitative estimate of drug-likeness (QED) is 0.603. The fourth-order valence-electron chi connectivity index (χ4n) is 5.54. The van der Waals surface area contributed by atoms with Gasteiger partial charge >= 0.3 is 5.97 Å². The van der Waals surface area contributed by atoms with Crippen molar-refractivity contribution in [3.8, 4) is 0 Å². The van der Waals surface area contributed by atoms with Crippen molar-refractivity contribution in [2.24, 2.45) is 5.92 Å². The van der Waals surface area contributed by atoms with Crippen LogP contribution in [0.3, 0.4) is 0 Å². The van der Waals surface area contributed by atoms with Gasteiger partial charge in [0.25, 0.3) is 5.91 Å². The minimum Gasteiger partial charge on any atom is -0.469 e. The number of thiophene rings is 1. The molecule has 1 aliphatic heterocycles. The highest BCUT2D eigenvalue weighted by molar-refractivity contribution is 7.08. The summed E-state index contributed by atoms with van der Waals surface area (Å²) in [5.74, 6) is -0.0930. The highest BCUT2D eigenvalue weighted by Crippen LogP contribution is 2.52. The Morgan fingerprint density at radius 3 is 2.62 bits per heavy atom. The molecule has 168 valence electrons. The van der Waals surface area contributed by atoms with Crippen LogP contribution in [0.4, 0.5) is 5.69 Å². The number of esters is 1. The summed E-state index contributed by atoms with van der Waals surface area (Å²) >= 11 is 1.53. The molecule has 0 unspecified atom stereocenters. The molecule has 5 rings (SSSR count). The molecule has 32 heavy (non-hydrogen) atoms. The Morgan fingerprint density at radius 1 is 1.09 bits per heavy atom. The van der Waals surface area contributed by atoms with Crippen LogP contribution in [0.25, 0.3) is 0 Å². The third kappa shape index (κ3) is 3.72. The van der Waals surface area contributed by atoms with Crippen molar-refractivity contribution in [2.45, 2.75) is 63.1 Å². The normalized spacial score (nSPS) is 23.9. The van der Waals surface area contributed by atoms with Crippen LogP contribution < -0.4 is 4.90 Å². The number of carbonyl (C=O) groups excluding carboxylic acids is 3. The Labute approximate surface area is 192 Å². The van der Waals surface area contributed by atoms with Gasteiger partial charge in [0.2, 0.25) is 5.91 Å². The number of methoxy groups -OCH3 is 1. The monoisotopic (exact) mass is 452 g/mol. The molecule has 1 aromatic carbocycles. The second-order valence-electron chi connectivity index (χ2n) is 8.96. The Balaban J connectivity index is 1.53. The first-order chi connectivity index (χ1) is 15.6. The number of carbonyl (C=O) groups is 3. The lowest BCUT2D eigenvalue weighted by atomic mass is 9.81. The molecule has 3 atom stereocenters. The molecule has 0 radical (unpaired) electrons. The van der Waals surface area contributed by atoms with Crippen LogP contribution in [0, 0.1) is 5.92 Å². The third-order valence-electron chi connectivity index (χ3n) is 7.07. The van der Waals surface area contributed by atoms with E-state index in [1.165, 1.54) is 18.4 Å². The first-order valence-corrected chi connectivity index (χ1v) is 12.4. The van der Waals surface area contributed by atoms with E-state index in [1.54, 1.807) is 0 Å². The number of benzene rings is 1. The second kappa shape index (κ2) is 8.70. The number of fused-ring (bicyclic) bond motifs is 2. The van der Waals surface area contributed by atoms with Crippen molar-refractivity contribution >= 4 is 34.8 Å². The van der Waals surface area contributed by atoms with E-state index in [0.717, 1.165) is 48.9 Å². The molecule has 2 heterocycles. The zero-order valence-electron chi connectivity index (χ0n) is 18.2. The lowest BCUT2D eigenvalue weighted by Gasteiger charge is -2.47. The predicted molar refractivity (Wildman–Crippen MR) is 123 cm³/mol. The molecule has 2 fully saturated rings. The number of para-hydroxylation sites is 1. The minimum absolute atomic E-state index is 0.0148. The molecular weight excluding hydrogens is 424 g/mol. The van der Waals surface area contributed by atoms with Gasteiger partial charge in [0.15, 0.2) is 0 Å². The largest absolute Gasteiger partial charge is 0.469 e. The second-order valence-corrected chi connectivity index (χ2v) is 9.74. The van der Waals surface area contributed by atoms with Crippen molar-refractivity contribution in [1.29, 1.82) is 0 Å². The van der Waals surface area contributed by atoms with Crippen LogP contribution in [0.1, 0.15) is 66.9 Å². The van der Waals surface area contributed by atoms with Gasteiger partial charge in [-0.05, 0) is 48.8 Å². The highest BCUT2D eigenvalue weighted by atomic mass is 32.1. The van der Waals surface area contributed by atoms with Gasteiger partial charge in [-0.2, -0.15) is 11.3 Å². The molecule has 2 amide bonds. The number of hydrogen-bond donors (Lipinski definition) is 0. The SMILES string of the molecule is COC(=O)CCC(=O)N(C1CC1)[C@H]1c2ccccc2N(C(=O)c2ccsc2)[C@@H]2CCC[C@@H]21. The van der Waals surface area contributed by atoms with E-state index in [2.05, 4.69) is 11.0 Å². The number of amides is 2. The Bertz CT molecular complexity index is 1020. The Morgan fingerprint density at radius 2 is 1.91 bits per heavy atom. The first-order valence-electron chi connectivity index (χ1n) is 11.4. The number of ether oxygens (including phenoxy) is 1. The molecule has 0 bridgehead atoms. The van der Waals surface area contributed by atoms with Gasteiger partial charge in [-0.1, -0.05) is 24.6 Å². The van der Waals surface area contributed by atoms with Crippen molar-refractivity contribution in [3.63, 3.8) is 0 Å². The topological polar surface area (TPSA) is 66.9 Å². The first kappa shape index (κ1) is 21.2. The molecule has 0 N–H and O–H groups in total. The molecule has 0 saturated heterocycles. The lowest BCUT2D eigenvalue weighted by Crippen LogP contribution is -2.52. The fourth-order valence-corrected chi connectivity index (χ4v) is 6.17. The maximum atomic E-state index is 13.5. The molecule has 2 aromatic rings. The van der Waals surface area contributed by atoms with Gasteiger partial charge in [0, 0.05) is 35.5 Å². The van der Waals surface area contributed by atoms with Crippen LogP contribution in [0.5, 0.6) is 0 Å². The molecule has 6 nitrogen and oxygen atoms in total. The van der Waals surface area contributed by atoms with Crippen LogP contribution in [0.15, 0.2) is 41.1 Å². The summed E-state index contributed by atoms with van der Waals surface area (Å²) in [5, 5.41) is 3.85. The van der Waals surface area contributed by atoms with Crippen LogP contribution in [-0.4, -0.2) is 41.9 Å². The van der Waals surface area contributed by atoms with E-state index in [-0.39, 0.29) is 54.7 Å². The summed E-state index contributed by atoms with van der Waals surface area (Å²) in [6.07, 6.45) is 5.24. The number of anilines is 1. The van der Waals surface area contributed by atoms with Crippen molar-refractivity contribution in [2.75, 3.05) is 12.0 Å². The molecule has 2 saturated carbocycles. The molecule has 0 spiro atoms. The molecule has 1 aromatic heterocycles. The standard InChI is InChI=1S/C25H28N2O4S/c1-31-23(29)12-11-22(28)26(17-9-10-17)24-18-5-2-3-7-20(18)27(21-8-4-6-19(21)24)25(30)16-13-14-32-15-16/h2-3,5,7,13-15,17,19,21,24H,4,6,8-12H2,1H3/t19-,21+,24-/m0/s1. The Kier molecular flexibility index (Phi) is 5.76. The highest BCUT2D eigenvalue weighted by Gasteiger charge is 2.51. The van der Waals surface area contributed by atoms with Gasteiger partial charge in [0.1, 0.15) is 0 Å². The maximum absolute atomic E-state index is 13.5. The molecule has 7 heteroatoms. The minimum atomic E-state index is -0.357.